The van der Waals surface area contributed by atoms with Gasteiger partial charge in [0, 0.05) is 26.0 Å². The number of nitrogens with zero attached hydrogens (tertiary/aromatic N) is 3. The third-order valence-electron chi connectivity index (χ3n) is 5.67. The van der Waals surface area contributed by atoms with E-state index in [4.69, 9.17) is 4.42 Å². The summed E-state index contributed by atoms with van der Waals surface area (Å²) >= 11 is 0. The van der Waals surface area contributed by atoms with Crippen molar-refractivity contribution in [1.82, 2.24) is 20.1 Å². The van der Waals surface area contributed by atoms with Crippen molar-refractivity contribution in [3.63, 3.8) is 0 Å². The molecule has 1 aliphatic rings. The van der Waals surface area contributed by atoms with Crippen LogP contribution in [0.25, 0.3) is 0 Å². The molecule has 0 radical (unpaired) electrons. The molecule has 6 heteroatoms. The number of rotatable bonds is 7. The average molecular weight is 385 g/mol. The van der Waals surface area contributed by atoms with Gasteiger partial charge in [-0.15, -0.1) is 0 Å². The van der Waals surface area contributed by atoms with Gasteiger partial charge in [0.2, 0.25) is 0 Å². The molecule has 1 fully saturated rings. The van der Waals surface area contributed by atoms with Crippen molar-refractivity contribution >= 4 is 6.03 Å². The Morgan fingerprint density at radius 2 is 2.14 bits per heavy atom. The standard InChI is InChI=1S/C22H32N4O2/c1-4-21(19-6-5-11-23-15-19)25(3)22(27)24-14-18-9-12-26(13-10-18)16-20-8-7-17(2)28-20/h5-8,11,15,18,21H,4,9-10,12-14,16H2,1-3H3,(H,24,27). The van der Waals surface area contributed by atoms with Crippen molar-refractivity contribution in [2.75, 3.05) is 26.7 Å². The topological polar surface area (TPSA) is 61.6 Å². The Hall–Kier alpha value is -2.34. The highest BCUT2D eigenvalue weighted by Gasteiger charge is 2.23. The largest absolute Gasteiger partial charge is 0.465 e. The fourth-order valence-electron chi connectivity index (χ4n) is 3.94. The number of hydrogen-bond acceptors (Lipinski definition) is 4. The molecule has 0 aromatic carbocycles. The van der Waals surface area contributed by atoms with E-state index in [0.717, 1.165) is 62.5 Å². The monoisotopic (exact) mass is 384 g/mol. The molecule has 1 unspecified atom stereocenters. The first-order chi connectivity index (χ1) is 13.6. The second-order valence-corrected chi connectivity index (χ2v) is 7.74. The van der Waals surface area contributed by atoms with E-state index in [2.05, 4.69) is 28.2 Å². The minimum Gasteiger partial charge on any atom is -0.465 e. The summed E-state index contributed by atoms with van der Waals surface area (Å²) in [6, 6.07) is 8.06. The Balaban J connectivity index is 1.42. The molecule has 0 spiro atoms. The van der Waals surface area contributed by atoms with Gasteiger partial charge in [-0.25, -0.2) is 4.79 Å². The van der Waals surface area contributed by atoms with Gasteiger partial charge in [0.15, 0.2) is 0 Å². The summed E-state index contributed by atoms with van der Waals surface area (Å²) < 4.78 is 5.68. The van der Waals surface area contributed by atoms with E-state index in [0.29, 0.717) is 5.92 Å². The van der Waals surface area contributed by atoms with Crippen molar-refractivity contribution in [2.24, 2.45) is 5.92 Å². The second kappa shape index (κ2) is 9.73. The third-order valence-corrected chi connectivity index (χ3v) is 5.67. The lowest BCUT2D eigenvalue weighted by atomic mass is 9.97. The summed E-state index contributed by atoms with van der Waals surface area (Å²) in [5.41, 5.74) is 1.07. The summed E-state index contributed by atoms with van der Waals surface area (Å²) in [6.45, 7) is 7.77. The third kappa shape index (κ3) is 5.35. The van der Waals surface area contributed by atoms with Crippen LogP contribution in [-0.4, -0.2) is 47.5 Å². The number of aryl methyl sites for hydroxylation is 1. The molecule has 2 aromatic rings. The molecule has 28 heavy (non-hydrogen) atoms. The summed E-state index contributed by atoms with van der Waals surface area (Å²) in [4.78, 5) is 21.0. The van der Waals surface area contributed by atoms with Crippen LogP contribution in [0.1, 0.15) is 49.3 Å². The minimum atomic E-state index is -0.0100. The van der Waals surface area contributed by atoms with Crippen molar-refractivity contribution in [3.05, 3.63) is 53.7 Å². The number of aromatic nitrogens is 1. The van der Waals surface area contributed by atoms with Gasteiger partial charge < -0.3 is 14.6 Å². The van der Waals surface area contributed by atoms with Crippen LogP contribution in [0.15, 0.2) is 41.1 Å². The summed E-state index contributed by atoms with van der Waals surface area (Å²) in [7, 11) is 1.87. The first kappa shape index (κ1) is 20.4. The van der Waals surface area contributed by atoms with Gasteiger partial charge in [-0.2, -0.15) is 0 Å². The lowest BCUT2D eigenvalue weighted by Gasteiger charge is -2.32. The van der Waals surface area contributed by atoms with E-state index < -0.39 is 0 Å². The molecular formula is C22H32N4O2. The lowest BCUT2D eigenvalue weighted by molar-refractivity contribution is 0.158. The number of amides is 2. The van der Waals surface area contributed by atoms with Crippen LogP contribution in [0, 0.1) is 12.8 Å². The summed E-state index contributed by atoms with van der Waals surface area (Å²) in [5.74, 6) is 2.53. The van der Waals surface area contributed by atoms with Crippen LogP contribution in [0.2, 0.25) is 0 Å². The highest BCUT2D eigenvalue weighted by Crippen LogP contribution is 2.23. The Bertz CT molecular complexity index is 738. The number of hydrogen-bond donors (Lipinski definition) is 1. The van der Waals surface area contributed by atoms with Crippen molar-refractivity contribution in [3.8, 4) is 0 Å². The van der Waals surface area contributed by atoms with Crippen LogP contribution in [-0.2, 0) is 6.54 Å². The molecule has 3 rings (SSSR count). The van der Waals surface area contributed by atoms with Crippen molar-refractivity contribution in [2.45, 2.75) is 45.7 Å². The van der Waals surface area contributed by atoms with E-state index in [9.17, 15) is 4.79 Å². The van der Waals surface area contributed by atoms with Gasteiger partial charge in [0.25, 0.3) is 0 Å². The molecular weight excluding hydrogens is 352 g/mol. The molecule has 1 atom stereocenters. The minimum absolute atomic E-state index is 0.0100. The maximum Gasteiger partial charge on any atom is 0.317 e. The van der Waals surface area contributed by atoms with Crippen LogP contribution in [0.4, 0.5) is 4.79 Å². The highest BCUT2D eigenvalue weighted by molar-refractivity contribution is 5.74. The Morgan fingerprint density at radius 1 is 1.36 bits per heavy atom. The molecule has 0 aliphatic carbocycles. The second-order valence-electron chi connectivity index (χ2n) is 7.74. The highest BCUT2D eigenvalue weighted by atomic mass is 16.3. The SMILES string of the molecule is CCC(c1cccnc1)N(C)C(=O)NCC1CCN(Cc2ccc(C)o2)CC1. The fraction of sp³-hybridized carbons (Fsp3) is 0.545. The van der Waals surface area contributed by atoms with Gasteiger partial charge in [-0.1, -0.05) is 13.0 Å². The van der Waals surface area contributed by atoms with E-state index in [1.165, 1.54) is 0 Å². The Labute approximate surface area is 167 Å². The van der Waals surface area contributed by atoms with Crippen molar-refractivity contribution in [1.29, 1.82) is 0 Å². The first-order valence-corrected chi connectivity index (χ1v) is 10.2. The van der Waals surface area contributed by atoms with E-state index in [-0.39, 0.29) is 12.1 Å². The van der Waals surface area contributed by atoms with Crippen LogP contribution >= 0.6 is 0 Å². The van der Waals surface area contributed by atoms with Gasteiger partial charge in [-0.3, -0.25) is 9.88 Å². The molecule has 152 valence electrons. The van der Waals surface area contributed by atoms with E-state index in [1.807, 2.05) is 38.4 Å². The first-order valence-electron chi connectivity index (χ1n) is 10.2. The number of urea groups is 1. The molecule has 1 aliphatic heterocycles. The van der Waals surface area contributed by atoms with Gasteiger partial charge in [0.05, 0.1) is 12.6 Å². The molecule has 0 saturated carbocycles. The molecule has 6 nitrogen and oxygen atoms in total. The van der Waals surface area contributed by atoms with Gasteiger partial charge >= 0.3 is 6.03 Å². The zero-order valence-electron chi connectivity index (χ0n) is 17.2. The number of nitrogens with one attached hydrogen (secondary N) is 1. The average Bonchev–Trinajstić information content (AvgIpc) is 3.13. The van der Waals surface area contributed by atoms with Crippen molar-refractivity contribution < 1.29 is 9.21 Å². The number of furan rings is 1. The zero-order chi connectivity index (χ0) is 19.9. The smallest absolute Gasteiger partial charge is 0.317 e. The molecule has 3 heterocycles. The Morgan fingerprint density at radius 3 is 2.75 bits per heavy atom. The molecule has 0 bridgehead atoms. The summed E-state index contributed by atoms with van der Waals surface area (Å²) in [6.07, 6.45) is 6.66. The Kier molecular flexibility index (Phi) is 7.09. The van der Waals surface area contributed by atoms with Gasteiger partial charge in [-0.05, 0) is 69.0 Å². The molecule has 2 aromatic heterocycles. The molecule has 1 saturated heterocycles. The van der Waals surface area contributed by atoms with Crippen LogP contribution < -0.4 is 5.32 Å². The van der Waals surface area contributed by atoms with Gasteiger partial charge in [0.1, 0.15) is 11.5 Å². The quantitative estimate of drug-likeness (QED) is 0.784. The number of pyridine rings is 1. The lowest BCUT2D eigenvalue weighted by Crippen LogP contribution is -2.43. The zero-order valence-corrected chi connectivity index (χ0v) is 17.2. The number of carbonyl (C=O) groups excluding carboxylic acids is 1. The maximum absolute atomic E-state index is 12.6. The van der Waals surface area contributed by atoms with E-state index in [1.54, 1.807) is 11.1 Å². The number of carbonyl (C=O) groups is 1. The predicted octanol–water partition coefficient (Wildman–Crippen LogP) is 3.99. The number of likely N-dealkylation sites (tertiary alicyclic amines) is 1. The number of piperidine rings is 1. The predicted molar refractivity (Wildman–Crippen MR) is 110 cm³/mol. The fourth-order valence-corrected chi connectivity index (χ4v) is 3.94. The van der Waals surface area contributed by atoms with E-state index >= 15 is 0 Å². The van der Waals surface area contributed by atoms with Crippen LogP contribution in [0.3, 0.4) is 0 Å². The maximum atomic E-state index is 12.6. The molecule has 1 N–H and O–H groups in total. The van der Waals surface area contributed by atoms with Crippen LogP contribution in [0.5, 0.6) is 0 Å². The molecule has 2 amide bonds. The normalized spacial score (nSPS) is 16.7. The summed E-state index contributed by atoms with van der Waals surface area (Å²) in [5, 5.41) is 3.13.